The van der Waals surface area contributed by atoms with Crippen LogP contribution in [0.15, 0.2) is 24.5 Å². The second-order valence-electron chi connectivity index (χ2n) is 5.42. The van der Waals surface area contributed by atoms with E-state index in [1.807, 2.05) is 29.8 Å². The van der Waals surface area contributed by atoms with Crippen molar-refractivity contribution in [3.05, 3.63) is 30.2 Å². The van der Waals surface area contributed by atoms with Gasteiger partial charge in [-0.3, -0.25) is 0 Å². The summed E-state index contributed by atoms with van der Waals surface area (Å²) in [5, 5.41) is 4.58. The monoisotopic (exact) mass is 311 g/mol. The van der Waals surface area contributed by atoms with Crippen LogP contribution in [0.2, 0.25) is 0 Å². The van der Waals surface area contributed by atoms with Crippen LogP contribution in [0.5, 0.6) is 0 Å². The summed E-state index contributed by atoms with van der Waals surface area (Å²) in [6.07, 6.45) is 3.59. The summed E-state index contributed by atoms with van der Waals surface area (Å²) in [5.41, 5.74) is 8.16. The van der Waals surface area contributed by atoms with E-state index in [0.717, 1.165) is 35.7 Å². The van der Waals surface area contributed by atoms with Crippen molar-refractivity contribution in [2.45, 2.75) is 6.92 Å². The Morgan fingerprint density at radius 1 is 1.22 bits per heavy atom. The fourth-order valence-electron chi connectivity index (χ4n) is 2.75. The molecule has 1 aliphatic rings. The molecule has 23 heavy (non-hydrogen) atoms. The normalized spacial score (nSPS) is 15.3. The molecule has 118 valence electrons. The third-order valence-electron chi connectivity index (χ3n) is 3.92. The average molecular weight is 311 g/mol. The molecule has 0 aliphatic carbocycles. The highest BCUT2D eigenvalue weighted by Crippen LogP contribution is 2.25. The van der Waals surface area contributed by atoms with Crippen molar-refractivity contribution in [1.82, 2.24) is 24.6 Å². The van der Waals surface area contributed by atoms with Gasteiger partial charge in [0.15, 0.2) is 11.6 Å². The summed E-state index contributed by atoms with van der Waals surface area (Å²) in [7, 11) is 0. The van der Waals surface area contributed by atoms with Crippen LogP contribution in [0.3, 0.4) is 0 Å². The minimum absolute atomic E-state index is 0.252. The number of aromatic nitrogens is 5. The predicted molar refractivity (Wildman–Crippen MR) is 86.2 cm³/mol. The Labute approximate surface area is 132 Å². The lowest BCUT2D eigenvalue weighted by Gasteiger charge is -2.28. The number of anilines is 2. The van der Waals surface area contributed by atoms with Gasteiger partial charge in [0.25, 0.3) is 0 Å². The summed E-state index contributed by atoms with van der Waals surface area (Å²) in [6.45, 7) is 4.92. The van der Waals surface area contributed by atoms with Gasteiger partial charge in [0.05, 0.1) is 24.5 Å². The first kappa shape index (κ1) is 13.9. The van der Waals surface area contributed by atoms with E-state index in [4.69, 9.17) is 15.5 Å². The largest absolute Gasteiger partial charge is 0.378 e. The van der Waals surface area contributed by atoms with E-state index in [0.29, 0.717) is 19.0 Å². The fourth-order valence-corrected chi connectivity index (χ4v) is 2.75. The molecule has 0 aromatic carbocycles. The van der Waals surface area contributed by atoms with Crippen molar-refractivity contribution in [2.75, 3.05) is 36.9 Å². The standard InChI is InChI=1S/C15H17N7O/c1-10-11(9-17-15(16)18-10)13-19-14(21-5-7-23-8-6-21)12-3-2-4-22(12)20-13/h2-4,9H,5-8H2,1H3,(H2,16,17,18). The van der Waals surface area contributed by atoms with Gasteiger partial charge in [-0.05, 0) is 19.1 Å². The van der Waals surface area contributed by atoms with Crippen molar-refractivity contribution in [3.63, 3.8) is 0 Å². The van der Waals surface area contributed by atoms with Crippen molar-refractivity contribution < 1.29 is 4.74 Å². The molecule has 0 bridgehead atoms. The molecule has 2 N–H and O–H groups in total. The number of nitrogens with zero attached hydrogens (tertiary/aromatic N) is 6. The van der Waals surface area contributed by atoms with Crippen LogP contribution in [0.4, 0.5) is 11.8 Å². The van der Waals surface area contributed by atoms with Gasteiger partial charge in [0, 0.05) is 25.5 Å². The lowest BCUT2D eigenvalue weighted by Crippen LogP contribution is -2.37. The molecule has 4 heterocycles. The zero-order valence-electron chi connectivity index (χ0n) is 12.8. The van der Waals surface area contributed by atoms with Crippen molar-refractivity contribution in [2.24, 2.45) is 0 Å². The Morgan fingerprint density at radius 3 is 2.83 bits per heavy atom. The summed E-state index contributed by atoms with van der Waals surface area (Å²) < 4.78 is 7.27. The summed E-state index contributed by atoms with van der Waals surface area (Å²) in [6, 6.07) is 3.98. The number of nitrogen functional groups attached to an aromatic ring is 1. The SMILES string of the molecule is Cc1nc(N)ncc1-c1nc(N2CCOCC2)c2cccn2n1. The topological polar surface area (TPSA) is 94.5 Å². The molecule has 1 fully saturated rings. The first-order valence-corrected chi connectivity index (χ1v) is 7.50. The minimum Gasteiger partial charge on any atom is -0.378 e. The molecule has 8 heteroatoms. The maximum Gasteiger partial charge on any atom is 0.220 e. The van der Waals surface area contributed by atoms with Crippen LogP contribution in [0.1, 0.15) is 5.69 Å². The lowest BCUT2D eigenvalue weighted by atomic mass is 10.2. The third-order valence-corrected chi connectivity index (χ3v) is 3.92. The van der Waals surface area contributed by atoms with Crippen molar-refractivity contribution in [3.8, 4) is 11.4 Å². The Balaban J connectivity index is 1.87. The smallest absolute Gasteiger partial charge is 0.220 e. The van der Waals surface area contributed by atoms with E-state index >= 15 is 0 Å². The van der Waals surface area contributed by atoms with Gasteiger partial charge in [-0.15, -0.1) is 5.10 Å². The molecule has 0 radical (unpaired) electrons. The van der Waals surface area contributed by atoms with Crippen LogP contribution in [0.25, 0.3) is 16.9 Å². The van der Waals surface area contributed by atoms with Crippen LogP contribution < -0.4 is 10.6 Å². The summed E-state index contributed by atoms with van der Waals surface area (Å²) in [5.74, 6) is 1.74. The Hall–Kier alpha value is -2.74. The van der Waals surface area contributed by atoms with E-state index < -0.39 is 0 Å². The van der Waals surface area contributed by atoms with Crippen LogP contribution in [0, 0.1) is 6.92 Å². The maximum atomic E-state index is 5.64. The fraction of sp³-hybridized carbons (Fsp3) is 0.333. The van der Waals surface area contributed by atoms with Gasteiger partial charge < -0.3 is 15.4 Å². The number of hydrogen-bond donors (Lipinski definition) is 1. The highest BCUT2D eigenvalue weighted by atomic mass is 16.5. The average Bonchev–Trinajstić information content (AvgIpc) is 3.03. The highest BCUT2D eigenvalue weighted by molar-refractivity contribution is 5.72. The zero-order chi connectivity index (χ0) is 15.8. The lowest BCUT2D eigenvalue weighted by molar-refractivity contribution is 0.122. The molecule has 0 spiro atoms. The number of rotatable bonds is 2. The van der Waals surface area contributed by atoms with E-state index in [2.05, 4.69) is 20.0 Å². The van der Waals surface area contributed by atoms with Gasteiger partial charge in [0.1, 0.15) is 5.52 Å². The van der Waals surface area contributed by atoms with Crippen LogP contribution in [-0.2, 0) is 4.74 Å². The number of ether oxygens (including phenoxy) is 1. The van der Waals surface area contributed by atoms with Crippen molar-refractivity contribution in [1.29, 1.82) is 0 Å². The third kappa shape index (κ3) is 2.46. The summed E-state index contributed by atoms with van der Waals surface area (Å²) >= 11 is 0. The minimum atomic E-state index is 0.252. The molecule has 0 atom stereocenters. The van der Waals surface area contributed by atoms with Crippen LogP contribution in [-0.4, -0.2) is 50.9 Å². The first-order chi connectivity index (χ1) is 11.2. The molecule has 1 aliphatic heterocycles. The molecule has 8 nitrogen and oxygen atoms in total. The number of fused-ring (bicyclic) bond motifs is 1. The van der Waals surface area contributed by atoms with Gasteiger partial charge in [-0.2, -0.15) is 0 Å². The predicted octanol–water partition coefficient (Wildman–Crippen LogP) is 0.914. The number of hydrogen-bond acceptors (Lipinski definition) is 7. The molecular weight excluding hydrogens is 294 g/mol. The Bertz CT molecular complexity index is 854. The molecule has 4 rings (SSSR count). The van der Waals surface area contributed by atoms with Crippen molar-refractivity contribution >= 4 is 17.3 Å². The Kier molecular flexibility index (Phi) is 3.30. The first-order valence-electron chi connectivity index (χ1n) is 7.50. The number of morpholine rings is 1. The highest BCUT2D eigenvalue weighted by Gasteiger charge is 2.19. The summed E-state index contributed by atoms with van der Waals surface area (Å²) in [4.78, 5) is 15.3. The number of nitrogens with two attached hydrogens (primary N) is 1. The van der Waals surface area contributed by atoms with Gasteiger partial charge in [-0.25, -0.2) is 19.5 Å². The van der Waals surface area contributed by atoms with E-state index in [-0.39, 0.29) is 5.95 Å². The second-order valence-corrected chi connectivity index (χ2v) is 5.42. The maximum absolute atomic E-state index is 5.64. The van der Waals surface area contributed by atoms with Gasteiger partial charge in [-0.1, -0.05) is 0 Å². The molecule has 1 saturated heterocycles. The Morgan fingerprint density at radius 2 is 2.04 bits per heavy atom. The zero-order valence-corrected chi connectivity index (χ0v) is 12.8. The molecule has 3 aromatic heterocycles. The second kappa shape index (κ2) is 5.47. The van der Waals surface area contributed by atoms with E-state index in [9.17, 15) is 0 Å². The number of aryl methyl sites for hydroxylation is 1. The van der Waals surface area contributed by atoms with Gasteiger partial charge in [0.2, 0.25) is 5.95 Å². The molecule has 0 unspecified atom stereocenters. The molecular formula is C15H17N7O. The molecule has 0 amide bonds. The van der Waals surface area contributed by atoms with Gasteiger partial charge >= 0.3 is 0 Å². The van der Waals surface area contributed by atoms with E-state index in [1.165, 1.54) is 0 Å². The molecule has 3 aromatic rings. The van der Waals surface area contributed by atoms with Crippen LogP contribution >= 0.6 is 0 Å². The molecule has 0 saturated carbocycles. The quantitative estimate of drug-likeness (QED) is 0.751. The van der Waals surface area contributed by atoms with E-state index in [1.54, 1.807) is 6.20 Å².